The van der Waals surface area contributed by atoms with Gasteiger partial charge >= 0.3 is 0 Å². The van der Waals surface area contributed by atoms with Crippen molar-refractivity contribution in [3.05, 3.63) is 53.2 Å². The molecule has 7 heteroatoms. The molecule has 112 valence electrons. The number of thiophene rings is 1. The number of amides is 1. The van der Waals surface area contributed by atoms with Crippen LogP contribution in [0.4, 0.5) is 5.13 Å². The summed E-state index contributed by atoms with van der Waals surface area (Å²) in [6, 6.07) is 11.6. The normalized spacial score (nSPS) is 10.5. The summed E-state index contributed by atoms with van der Waals surface area (Å²) in [5, 5.41) is 5.22. The Hall–Kier alpha value is -2.22. The number of rotatable bonds is 6. The van der Waals surface area contributed by atoms with Crippen molar-refractivity contribution in [3.63, 3.8) is 0 Å². The number of carbonyl (C=O) groups excluding carboxylic acids is 1. The number of carbonyl (C=O) groups is 1. The molecule has 0 saturated heterocycles. The third-order valence-corrected chi connectivity index (χ3v) is 4.64. The Bertz CT molecular complexity index is 763. The van der Waals surface area contributed by atoms with Crippen LogP contribution in [0.5, 0.6) is 0 Å². The number of benzene rings is 1. The predicted octanol–water partition coefficient (Wildman–Crippen LogP) is 3.49. The summed E-state index contributed by atoms with van der Waals surface area (Å²) in [7, 11) is 0. The van der Waals surface area contributed by atoms with Gasteiger partial charge < -0.3 is 0 Å². The summed E-state index contributed by atoms with van der Waals surface area (Å²) in [6.45, 7) is 3.71. The fourth-order valence-electron chi connectivity index (χ4n) is 1.77. The van der Waals surface area contributed by atoms with Gasteiger partial charge in [-0.05, 0) is 23.6 Å². The maximum Gasteiger partial charge on any atom is 0.254 e. The summed E-state index contributed by atoms with van der Waals surface area (Å²) in [5.41, 5.74) is 4.16. The lowest BCUT2D eigenvalue weighted by atomic mass is 10.3. The maximum atomic E-state index is 11.8. The minimum atomic E-state index is -0.273. The van der Waals surface area contributed by atoms with Gasteiger partial charge in [0.1, 0.15) is 0 Å². The standard InChI is InChI=1S/C15H13N3O2S2/c1-10(12-7-4-8-21-12)18-20-9-14(19)17-15-16-11-5-2-3-6-13(11)22-15/h2-8,18H,1,9H2,(H,16,17,19). The Labute approximate surface area is 135 Å². The molecule has 0 fully saturated rings. The van der Waals surface area contributed by atoms with E-state index in [-0.39, 0.29) is 12.5 Å². The van der Waals surface area contributed by atoms with Gasteiger partial charge in [0.05, 0.1) is 20.8 Å². The van der Waals surface area contributed by atoms with Crippen molar-refractivity contribution in [3.8, 4) is 0 Å². The molecular weight excluding hydrogens is 318 g/mol. The summed E-state index contributed by atoms with van der Waals surface area (Å²) >= 11 is 2.97. The molecule has 0 aliphatic heterocycles. The minimum Gasteiger partial charge on any atom is -0.300 e. The van der Waals surface area contributed by atoms with Crippen LogP contribution < -0.4 is 10.8 Å². The molecule has 2 N–H and O–H groups in total. The molecule has 0 atom stereocenters. The summed E-state index contributed by atoms with van der Waals surface area (Å²) in [6.07, 6.45) is 0. The molecular formula is C15H13N3O2S2. The van der Waals surface area contributed by atoms with E-state index in [0.717, 1.165) is 15.1 Å². The average molecular weight is 331 g/mol. The molecule has 0 aliphatic carbocycles. The van der Waals surface area contributed by atoms with Crippen LogP contribution in [0, 0.1) is 0 Å². The number of hydrogen-bond acceptors (Lipinski definition) is 6. The second kappa shape index (κ2) is 6.69. The molecule has 0 saturated carbocycles. The monoisotopic (exact) mass is 331 g/mol. The number of nitrogens with zero attached hydrogens (tertiary/aromatic N) is 1. The fourth-order valence-corrected chi connectivity index (χ4v) is 3.30. The topological polar surface area (TPSA) is 63.2 Å². The van der Waals surface area contributed by atoms with Crippen molar-refractivity contribution >= 4 is 49.6 Å². The van der Waals surface area contributed by atoms with Crippen LogP contribution in [0.2, 0.25) is 0 Å². The van der Waals surface area contributed by atoms with Gasteiger partial charge in [-0.25, -0.2) is 4.98 Å². The van der Waals surface area contributed by atoms with E-state index in [0.29, 0.717) is 10.8 Å². The zero-order chi connectivity index (χ0) is 15.4. The summed E-state index contributed by atoms with van der Waals surface area (Å²) in [4.78, 5) is 22.3. The van der Waals surface area contributed by atoms with Gasteiger partial charge in [-0.1, -0.05) is 36.1 Å². The van der Waals surface area contributed by atoms with E-state index in [4.69, 9.17) is 4.84 Å². The first kappa shape index (κ1) is 14.7. The Morgan fingerprint density at radius 3 is 2.91 bits per heavy atom. The molecule has 0 bridgehead atoms. The van der Waals surface area contributed by atoms with Crippen LogP contribution in [0.1, 0.15) is 4.88 Å². The highest BCUT2D eigenvalue weighted by Crippen LogP contribution is 2.25. The zero-order valence-corrected chi connectivity index (χ0v) is 13.2. The fraction of sp³-hybridized carbons (Fsp3) is 0.0667. The van der Waals surface area contributed by atoms with Crippen molar-refractivity contribution in [2.24, 2.45) is 0 Å². The van der Waals surface area contributed by atoms with Crippen LogP contribution in [-0.2, 0) is 9.63 Å². The van der Waals surface area contributed by atoms with Crippen LogP contribution in [0.3, 0.4) is 0 Å². The van der Waals surface area contributed by atoms with E-state index in [1.165, 1.54) is 11.3 Å². The van der Waals surface area contributed by atoms with Crippen LogP contribution in [0.25, 0.3) is 15.9 Å². The highest BCUT2D eigenvalue weighted by molar-refractivity contribution is 7.22. The highest BCUT2D eigenvalue weighted by Gasteiger charge is 2.08. The number of hydroxylamine groups is 1. The smallest absolute Gasteiger partial charge is 0.254 e. The molecule has 5 nitrogen and oxygen atoms in total. The number of para-hydroxylation sites is 1. The van der Waals surface area contributed by atoms with Gasteiger partial charge in [-0.2, -0.15) is 0 Å². The van der Waals surface area contributed by atoms with Gasteiger partial charge in [0.15, 0.2) is 11.7 Å². The van der Waals surface area contributed by atoms with Gasteiger partial charge in [0.25, 0.3) is 5.91 Å². The van der Waals surface area contributed by atoms with E-state index in [2.05, 4.69) is 22.4 Å². The number of fused-ring (bicyclic) bond motifs is 1. The maximum absolute atomic E-state index is 11.8. The number of thiazole rings is 1. The van der Waals surface area contributed by atoms with Gasteiger partial charge in [-0.3, -0.25) is 20.4 Å². The molecule has 3 aromatic rings. The van der Waals surface area contributed by atoms with Crippen LogP contribution in [-0.4, -0.2) is 17.5 Å². The molecule has 0 unspecified atom stereocenters. The van der Waals surface area contributed by atoms with Crippen LogP contribution >= 0.6 is 22.7 Å². The van der Waals surface area contributed by atoms with Gasteiger partial charge in [0, 0.05) is 0 Å². The number of anilines is 1. The first-order chi connectivity index (χ1) is 10.7. The molecule has 0 radical (unpaired) electrons. The molecule has 22 heavy (non-hydrogen) atoms. The molecule has 1 amide bonds. The van der Waals surface area contributed by atoms with E-state index in [1.54, 1.807) is 11.3 Å². The minimum absolute atomic E-state index is 0.125. The van der Waals surface area contributed by atoms with Crippen LogP contribution in [0.15, 0.2) is 48.4 Å². The van der Waals surface area contributed by atoms with E-state index < -0.39 is 0 Å². The Balaban J connectivity index is 1.49. The Morgan fingerprint density at radius 2 is 2.14 bits per heavy atom. The number of hydrogen-bond donors (Lipinski definition) is 2. The van der Waals surface area contributed by atoms with E-state index in [9.17, 15) is 4.79 Å². The molecule has 0 aliphatic rings. The third kappa shape index (κ3) is 3.51. The first-order valence-corrected chi connectivity index (χ1v) is 8.18. The average Bonchev–Trinajstić information content (AvgIpc) is 3.15. The van der Waals surface area contributed by atoms with Crippen molar-refractivity contribution in [2.75, 3.05) is 11.9 Å². The molecule has 3 rings (SSSR count). The molecule has 2 aromatic heterocycles. The largest absolute Gasteiger partial charge is 0.300 e. The SMILES string of the molecule is C=C(NOCC(=O)Nc1nc2ccccc2s1)c1cccs1. The summed E-state index contributed by atoms with van der Waals surface area (Å²) in [5.74, 6) is -0.273. The lowest BCUT2D eigenvalue weighted by Gasteiger charge is -2.07. The number of aromatic nitrogens is 1. The molecule has 0 spiro atoms. The zero-order valence-electron chi connectivity index (χ0n) is 11.5. The van der Waals surface area contributed by atoms with Gasteiger partial charge in [-0.15, -0.1) is 11.3 Å². The van der Waals surface area contributed by atoms with Crippen molar-refractivity contribution in [1.82, 2.24) is 10.5 Å². The van der Waals surface area contributed by atoms with E-state index >= 15 is 0 Å². The lowest BCUT2D eigenvalue weighted by Crippen LogP contribution is -2.23. The quantitative estimate of drug-likeness (QED) is 0.679. The predicted molar refractivity (Wildman–Crippen MR) is 90.7 cm³/mol. The van der Waals surface area contributed by atoms with E-state index in [1.807, 2.05) is 41.8 Å². The second-order valence-electron chi connectivity index (χ2n) is 4.38. The Kier molecular flexibility index (Phi) is 4.47. The van der Waals surface area contributed by atoms with Crippen molar-refractivity contribution in [2.45, 2.75) is 0 Å². The second-order valence-corrected chi connectivity index (χ2v) is 6.36. The highest BCUT2D eigenvalue weighted by atomic mass is 32.1. The first-order valence-electron chi connectivity index (χ1n) is 6.48. The summed E-state index contributed by atoms with van der Waals surface area (Å²) < 4.78 is 1.03. The molecule has 1 aromatic carbocycles. The third-order valence-electron chi connectivity index (χ3n) is 2.76. The number of nitrogens with one attached hydrogen (secondary N) is 2. The lowest BCUT2D eigenvalue weighted by molar-refractivity contribution is -0.122. The molecule has 2 heterocycles. The Morgan fingerprint density at radius 1 is 1.27 bits per heavy atom. The van der Waals surface area contributed by atoms with Crippen molar-refractivity contribution < 1.29 is 9.63 Å². The van der Waals surface area contributed by atoms with Crippen molar-refractivity contribution in [1.29, 1.82) is 0 Å². The van der Waals surface area contributed by atoms with Gasteiger partial charge in [0.2, 0.25) is 0 Å².